The number of ether oxygens (including phenoxy) is 3. The molecule has 1 heterocycles. The molecule has 0 N–H and O–H groups in total. The van der Waals surface area contributed by atoms with Crippen LogP contribution >= 0.6 is 0 Å². The number of hydrogen-bond acceptors (Lipinski definition) is 5. The summed E-state index contributed by atoms with van der Waals surface area (Å²) in [6, 6.07) is 7.16. The van der Waals surface area contributed by atoms with E-state index in [9.17, 15) is 18.0 Å². The average Bonchev–Trinajstić information content (AvgIpc) is 2.70. The molecule has 1 aromatic rings. The molecule has 1 aliphatic rings. The number of benzene rings is 1. The SMILES string of the molecule is CCOCCOc1ccccc1C(=O)N1CCN(CCCOCC(F)(F)F)CC1. The van der Waals surface area contributed by atoms with E-state index in [0.717, 1.165) is 0 Å². The molecule has 0 spiro atoms. The molecule has 0 aromatic heterocycles. The molecule has 1 saturated heterocycles. The Hall–Kier alpha value is -1.84. The van der Waals surface area contributed by atoms with Crippen LogP contribution in [-0.2, 0) is 9.47 Å². The van der Waals surface area contributed by atoms with Crippen molar-refractivity contribution in [3.63, 3.8) is 0 Å². The van der Waals surface area contributed by atoms with Crippen LogP contribution in [-0.4, -0.2) is 87.6 Å². The van der Waals surface area contributed by atoms with Crippen LogP contribution in [0.25, 0.3) is 0 Å². The molecule has 0 radical (unpaired) electrons. The van der Waals surface area contributed by atoms with Gasteiger partial charge in [-0.05, 0) is 25.5 Å². The second kappa shape index (κ2) is 12.0. The Balaban J connectivity index is 1.74. The first-order valence-electron chi connectivity index (χ1n) is 9.86. The van der Waals surface area contributed by atoms with Crippen molar-refractivity contribution in [1.82, 2.24) is 9.80 Å². The summed E-state index contributed by atoms with van der Waals surface area (Å²) in [5.74, 6) is 0.464. The van der Waals surface area contributed by atoms with E-state index in [4.69, 9.17) is 9.47 Å². The van der Waals surface area contributed by atoms with Crippen molar-refractivity contribution < 1.29 is 32.2 Å². The number of carbonyl (C=O) groups is 1. The lowest BCUT2D eigenvalue weighted by atomic mass is 10.1. The zero-order valence-electron chi connectivity index (χ0n) is 16.7. The molecule has 164 valence electrons. The minimum absolute atomic E-state index is 0.0745. The van der Waals surface area contributed by atoms with Gasteiger partial charge < -0.3 is 19.1 Å². The van der Waals surface area contributed by atoms with Gasteiger partial charge in [-0.15, -0.1) is 0 Å². The standard InChI is InChI=1S/C20H29F3N2O4/c1-2-27-14-15-29-18-7-4-3-6-17(18)19(26)25-11-9-24(10-12-25)8-5-13-28-16-20(21,22)23/h3-4,6-7H,2,5,8-16H2,1H3. The van der Waals surface area contributed by atoms with Gasteiger partial charge in [0.1, 0.15) is 19.0 Å². The molecule has 1 aromatic carbocycles. The lowest BCUT2D eigenvalue weighted by Crippen LogP contribution is -2.49. The normalized spacial score (nSPS) is 15.5. The van der Waals surface area contributed by atoms with E-state index < -0.39 is 12.8 Å². The topological polar surface area (TPSA) is 51.2 Å². The van der Waals surface area contributed by atoms with Crippen LogP contribution in [0.15, 0.2) is 24.3 Å². The van der Waals surface area contributed by atoms with Gasteiger partial charge in [-0.2, -0.15) is 13.2 Å². The molecular formula is C20H29F3N2O4. The van der Waals surface area contributed by atoms with E-state index in [2.05, 4.69) is 9.64 Å². The summed E-state index contributed by atoms with van der Waals surface area (Å²) in [5.41, 5.74) is 0.526. The first-order valence-corrected chi connectivity index (χ1v) is 9.86. The fourth-order valence-electron chi connectivity index (χ4n) is 3.05. The summed E-state index contributed by atoms with van der Waals surface area (Å²) in [7, 11) is 0. The predicted molar refractivity (Wildman–Crippen MR) is 102 cm³/mol. The molecule has 1 aliphatic heterocycles. The number of halogens is 3. The minimum Gasteiger partial charge on any atom is -0.490 e. The lowest BCUT2D eigenvalue weighted by molar-refractivity contribution is -0.174. The zero-order chi connectivity index (χ0) is 21.1. The minimum atomic E-state index is -4.28. The van der Waals surface area contributed by atoms with Gasteiger partial charge in [-0.3, -0.25) is 9.69 Å². The van der Waals surface area contributed by atoms with Crippen molar-refractivity contribution in [3.05, 3.63) is 29.8 Å². The van der Waals surface area contributed by atoms with Crippen LogP contribution in [0.3, 0.4) is 0 Å². The van der Waals surface area contributed by atoms with E-state index in [1.165, 1.54) is 0 Å². The third-order valence-electron chi connectivity index (χ3n) is 4.50. The molecule has 0 aliphatic carbocycles. The van der Waals surface area contributed by atoms with Crippen molar-refractivity contribution in [3.8, 4) is 5.75 Å². The second-order valence-corrected chi connectivity index (χ2v) is 6.70. The van der Waals surface area contributed by atoms with Crippen LogP contribution < -0.4 is 4.74 Å². The molecule has 0 bridgehead atoms. The van der Waals surface area contributed by atoms with Gasteiger partial charge >= 0.3 is 6.18 Å². The van der Waals surface area contributed by atoms with Gasteiger partial charge in [0.2, 0.25) is 0 Å². The van der Waals surface area contributed by atoms with Crippen LogP contribution in [0.5, 0.6) is 5.75 Å². The predicted octanol–water partition coefficient (Wildman–Crippen LogP) is 2.83. The number of alkyl halides is 3. The summed E-state index contributed by atoms with van der Waals surface area (Å²) < 4.78 is 51.7. The third kappa shape index (κ3) is 8.59. The highest BCUT2D eigenvalue weighted by Crippen LogP contribution is 2.21. The largest absolute Gasteiger partial charge is 0.490 e. The molecule has 2 rings (SSSR count). The number of para-hydroxylation sites is 1. The maximum absolute atomic E-state index is 12.9. The first kappa shape index (κ1) is 23.4. The Morgan fingerprint density at radius 2 is 1.76 bits per heavy atom. The maximum Gasteiger partial charge on any atom is 0.411 e. The van der Waals surface area contributed by atoms with Crippen LogP contribution in [0.4, 0.5) is 13.2 Å². The van der Waals surface area contributed by atoms with Crippen molar-refractivity contribution in [2.75, 3.05) is 65.8 Å². The number of carbonyl (C=O) groups excluding carboxylic acids is 1. The monoisotopic (exact) mass is 418 g/mol. The average molecular weight is 418 g/mol. The van der Waals surface area contributed by atoms with Crippen molar-refractivity contribution in [2.45, 2.75) is 19.5 Å². The number of amides is 1. The van der Waals surface area contributed by atoms with Crippen molar-refractivity contribution in [2.24, 2.45) is 0 Å². The summed E-state index contributed by atoms with van der Waals surface area (Å²) in [6.07, 6.45) is -3.75. The lowest BCUT2D eigenvalue weighted by Gasteiger charge is -2.35. The highest BCUT2D eigenvalue weighted by atomic mass is 19.4. The Morgan fingerprint density at radius 1 is 1.03 bits per heavy atom. The van der Waals surface area contributed by atoms with Crippen LogP contribution in [0.1, 0.15) is 23.7 Å². The Labute approximate surface area is 169 Å². The fourth-order valence-corrected chi connectivity index (χ4v) is 3.05. The second-order valence-electron chi connectivity index (χ2n) is 6.70. The summed E-state index contributed by atoms with van der Waals surface area (Å²) in [4.78, 5) is 16.8. The highest BCUT2D eigenvalue weighted by Gasteiger charge is 2.27. The molecule has 29 heavy (non-hydrogen) atoms. The van der Waals surface area contributed by atoms with Gasteiger partial charge in [0.05, 0.1) is 12.2 Å². The summed E-state index contributed by atoms with van der Waals surface area (Å²) in [5, 5.41) is 0. The molecule has 1 amide bonds. The molecule has 0 saturated carbocycles. The van der Waals surface area contributed by atoms with Crippen molar-refractivity contribution >= 4 is 5.91 Å². The smallest absolute Gasteiger partial charge is 0.411 e. The summed E-state index contributed by atoms with van der Waals surface area (Å²) >= 11 is 0. The Bertz CT molecular complexity index is 620. The van der Waals surface area contributed by atoms with Gasteiger partial charge in [0.25, 0.3) is 5.91 Å². The van der Waals surface area contributed by atoms with E-state index in [-0.39, 0.29) is 12.5 Å². The Morgan fingerprint density at radius 3 is 2.45 bits per heavy atom. The van der Waals surface area contributed by atoms with E-state index >= 15 is 0 Å². The number of hydrogen-bond donors (Lipinski definition) is 0. The molecular weight excluding hydrogens is 389 g/mol. The molecule has 9 heteroatoms. The number of piperazine rings is 1. The summed E-state index contributed by atoms with van der Waals surface area (Å²) in [6.45, 7) is 5.37. The quantitative estimate of drug-likeness (QED) is 0.518. The van der Waals surface area contributed by atoms with Gasteiger partial charge in [-0.25, -0.2) is 0 Å². The molecule has 0 unspecified atom stereocenters. The third-order valence-corrected chi connectivity index (χ3v) is 4.50. The van der Waals surface area contributed by atoms with E-state index in [1.54, 1.807) is 23.1 Å². The molecule has 6 nitrogen and oxygen atoms in total. The van der Waals surface area contributed by atoms with Gasteiger partial charge in [0, 0.05) is 45.9 Å². The highest BCUT2D eigenvalue weighted by molar-refractivity contribution is 5.97. The maximum atomic E-state index is 12.9. The fraction of sp³-hybridized carbons (Fsp3) is 0.650. The van der Waals surface area contributed by atoms with E-state index in [1.807, 2.05) is 13.0 Å². The van der Waals surface area contributed by atoms with Gasteiger partial charge in [-0.1, -0.05) is 12.1 Å². The first-order chi connectivity index (χ1) is 13.9. The van der Waals surface area contributed by atoms with Crippen LogP contribution in [0.2, 0.25) is 0 Å². The number of nitrogens with zero attached hydrogens (tertiary/aromatic N) is 2. The molecule has 0 atom stereocenters. The van der Waals surface area contributed by atoms with E-state index in [0.29, 0.717) is 70.3 Å². The molecule has 1 fully saturated rings. The Kier molecular flexibility index (Phi) is 9.69. The van der Waals surface area contributed by atoms with Crippen LogP contribution in [0, 0.1) is 0 Å². The number of rotatable bonds is 11. The van der Waals surface area contributed by atoms with Gasteiger partial charge in [0.15, 0.2) is 0 Å². The van der Waals surface area contributed by atoms with Crippen molar-refractivity contribution in [1.29, 1.82) is 0 Å². The zero-order valence-corrected chi connectivity index (χ0v) is 16.7.